The second kappa shape index (κ2) is 8.05. The molecule has 1 aliphatic heterocycles. The van der Waals surface area contributed by atoms with Gasteiger partial charge in [-0.1, -0.05) is 42.5 Å². The summed E-state index contributed by atoms with van der Waals surface area (Å²) in [6.07, 6.45) is 2.14. The smallest absolute Gasteiger partial charge is 0.339 e. The molecule has 0 radical (unpaired) electrons. The Labute approximate surface area is 153 Å². The van der Waals surface area contributed by atoms with Crippen LogP contribution in [0.5, 0.6) is 0 Å². The molecule has 1 heterocycles. The molecule has 2 aromatic rings. The largest absolute Gasteiger partial charge is 0.452 e. The molecule has 0 aliphatic carbocycles. The van der Waals surface area contributed by atoms with Crippen molar-refractivity contribution in [2.75, 3.05) is 19.4 Å². The van der Waals surface area contributed by atoms with E-state index < -0.39 is 23.4 Å². The minimum absolute atomic E-state index is 0.205. The van der Waals surface area contributed by atoms with Gasteiger partial charge in [-0.3, -0.25) is 9.00 Å². The fourth-order valence-electron chi connectivity index (χ4n) is 2.64. The number of carbonyl (C=O) groups is 2. The molecule has 7 heteroatoms. The highest BCUT2D eigenvalue weighted by Crippen LogP contribution is 2.16. The topological polar surface area (TPSA) is 76.0 Å². The first-order valence-corrected chi connectivity index (χ1v) is 9.65. The molecule has 26 heavy (non-hydrogen) atoms. The third kappa shape index (κ3) is 4.05. The summed E-state index contributed by atoms with van der Waals surface area (Å²) in [5.41, 5.74) is 2.01. The van der Waals surface area contributed by atoms with Crippen molar-refractivity contribution >= 4 is 28.4 Å². The van der Waals surface area contributed by atoms with E-state index in [0.29, 0.717) is 17.9 Å². The van der Waals surface area contributed by atoms with Gasteiger partial charge in [0.2, 0.25) is 0 Å². The van der Waals surface area contributed by atoms with Crippen LogP contribution in [-0.4, -0.2) is 46.2 Å². The van der Waals surface area contributed by atoms with Crippen molar-refractivity contribution in [3.63, 3.8) is 0 Å². The lowest BCUT2D eigenvalue weighted by molar-refractivity contribution is -0.134. The number of hydrazone groups is 1. The SMILES string of the molecule is C[S@@](=O)c1ccccc1C(=O)OCC(=O)N1CCC(c2ccccc2)=N1. The molecular weight excluding hydrogens is 352 g/mol. The standard InChI is InChI=1S/C19H18N2O4S/c1-26(24)17-10-6-5-9-15(17)19(23)25-13-18(22)21-12-11-16(20-21)14-7-3-2-4-8-14/h2-10H,11-13H2,1H3/t26-/m1/s1. The zero-order chi connectivity index (χ0) is 18.5. The zero-order valence-electron chi connectivity index (χ0n) is 14.3. The molecular formula is C19H18N2O4S. The predicted octanol–water partition coefficient (Wildman–Crippen LogP) is 2.22. The van der Waals surface area contributed by atoms with Crippen LogP contribution in [0.15, 0.2) is 64.6 Å². The number of esters is 1. The van der Waals surface area contributed by atoms with Crippen molar-refractivity contribution in [2.24, 2.45) is 5.10 Å². The average molecular weight is 370 g/mol. The van der Waals surface area contributed by atoms with Gasteiger partial charge in [0.05, 0.1) is 33.5 Å². The Kier molecular flexibility index (Phi) is 5.58. The molecule has 0 saturated heterocycles. The molecule has 3 rings (SSSR count). The molecule has 0 spiro atoms. The van der Waals surface area contributed by atoms with Crippen molar-refractivity contribution in [2.45, 2.75) is 11.3 Å². The molecule has 134 valence electrons. The van der Waals surface area contributed by atoms with E-state index in [1.807, 2.05) is 30.3 Å². The lowest BCUT2D eigenvalue weighted by Crippen LogP contribution is -2.29. The van der Waals surface area contributed by atoms with Gasteiger partial charge in [0.25, 0.3) is 5.91 Å². The van der Waals surface area contributed by atoms with Gasteiger partial charge in [0.1, 0.15) is 0 Å². The summed E-state index contributed by atoms with van der Waals surface area (Å²) >= 11 is 0. The average Bonchev–Trinajstić information content (AvgIpc) is 3.17. The van der Waals surface area contributed by atoms with E-state index in [1.54, 1.807) is 18.2 Å². The molecule has 1 atom stereocenters. The summed E-state index contributed by atoms with van der Waals surface area (Å²) in [5.74, 6) is -1.06. The van der Waals surface area contributed by atoms with E-state index >= 15 is 0 Å². The van der Waals surface area contributed by atoms with Gasteiger partial charge in [-0.05, 0) is 17.7 Å². The number of nitrogens with zero attached hydrogens (tertiary/aromatic N) is 2. The van der Waals surface area contributed by atoms with Crippen LogP contribution in [0.25, 0.3) is 0 Å². The number of amides is 1. The van der Waals surface area contributed by atoms with Crippen molar-refractivity contribution in [3.05, 3.63) is 65.7 Å². The third-order valence-corrected chi connectivity index (χ3v) is 4.92. The van der Waals surface area contributed by atoms with Gasteiger partial charge in [-0.25, -0.2) is 9.80 Å². The maximum Gasteiger partial charge on any atom is 0.339 e. The van der Waals surface area contributed by atoms with Gasteiger partial charge >= 0.3 is 5.97 Å². The number of benzene rings is 2. The van der Waals surface area contributed by atoms with Crippen LogP contribution in [-0.2, 0) is 20.3 Å². The Morgan fingerprint density at radius 1 is 1.12 bits per heavy atom. The molecule has 0 unspecified atom stereocenters. The number of carbonyl (C=O) groups excluding carboxylic acids is 2. The van der Waals surface area contributed by atoms with E-state index in [1.165, 1.54) is 17.3 Å². The highest BCUT2D eigenvalue weighted by molar-refractivity contribution is 7.84. The summed E-state index contributed by atoms with van der Waals surface area (Å²) in [5, 5.41) is 5.63. The summed E-state index contributed by atoms with van der Waals surface area (Å²) in [4.78, 5) is 24.9. The normalized spacial score (nSPS) is 14.7. The number of ether oxygens (including phenoxy) is 1. The first-order valence-electron chi connectivity index (χ1n) is 8.09. The van der Waals surface area contributed by atoms with Crippen LogP contribution in [0.3, 0.4) is 0 Å². The van der Waals surface area contributed by atoms with Crippen LogP contribution in [0, 0.1) is 0 Å². The lowest BCUT2D eigenvalue weighted by Gasteiger charge is -2.12. The Morgan fingerprint density at radius 2 is 1.81 bits per heavy atom. The maximum atomic E-state index is 12.3. The van der Waals surface area contributed by atoms with Crippen LogP contribution >= 0.6 is 0 Å². The van der Waals surface area contributed by atoms with Crippen LogP contribution in [0.2, 0.25) is 0 Å². The van der Waals surface area contributed by atoms with Gasteiger partial charge in [0, 0.05) is 12.7 Å². The molecule has 2 aromatic carbocycles. The summed E-state index contributed by atoms with van der Waals surface area (Å²) in [7, 11) is -1.32. The van der Waals surface area contributed by atoms with Crippen molar-refractivity contribution in [3.8, 4) is 0 Å². The van der Waals surface area contributed by atoms with Gasteiger partial charge < -0.3 is 4.74 Å². The summed E-state index contributed by atoms with van der Waals surface area (Å²) < 4.78 is 16.8. The van der Waals surface area contributed by atoms with E-state index in [4.69, 9.17) is 4.74 Å². The maximum absolute atomic E-state index is 12.3. The van der Waals surface area contributed by atoms with E-state index in [9.17, 15) is 13.8 Å². The van der Waals surface area contributed by atoms with Gasteiger partial charge in [0.15, 0.2) is 6.61 Å². The first-order chi connectivity index (χ1) is 12.6. The molecule has 0 fully saturated rings. The van der Waals surface area contributed by atoms with Gasteiger partial charge in [-0.15, -0.1) is 0 Å². The highest BCUT2D eigenvalue weighted by atomic mass is 32.2. The fourth-order valence-corrected chi connectivity index (χ4v) is 3.37. The molecule has 1 amide bonds. The Balaban J connectivity index is 1.62. The second-order valence-corrected chi connectivity index (χ2v) is 7.05. The monoisotopic (exact) mass is 370 g/mol. The van der Waals surface area contributed by atoms with Crippen LogP contribution in [0.1, 0.15) is 22.3 Å². The van der Waals surface area contributed by atoms with E-state index in [0.717, 1.165) is 11.3 Å². The number of rotatable bonds is 5. The summed E-state index contributed by atoms with van der Waals surface area (Å²) in [6, 6.07) is 16.1. The zero-order valence-corrected chi connectivity index (χ0v) is 15.1. The van der Waals surface area contributed by atoms with Gasteiger partial charge in [-0.2, -0.15) is 5.10 Å². The molecule has 0 N–H and O–H groups in total. The fraction of sp³-hybridized carbons (Fsp3) is 0.211. The Morgan fingerprint density at radius 3 is 2.54 bits per heavy atom. The van der Waals surface area contributed by atoms with E-state index in [-0.39, 0.29) is 11.5 Å². The van der Waals surface area contributed by atoms with Crippen molar-refractivity contribution in [1.29, 1.82) is 0 Å². The third-order valence-electron chi connectivity index (χ3n) is 3.94. The van der Waals surface area contributed by atoms with Crippen molar-refractivity contribution < 1.29 is 18.5 Å². The Hall–Kier alpha value is -2.80. The minimum atomic E-state index is -1.32. The minimum Gasteiger partial charge on any atom is -0.452 e. The number of hydrogen-bond acceptors (Lipinski definition) is 5. The Bertz CT molecular complexity index is 880. The molecule has 0 aromatic heterocycles. The highest BCUT2D eigenvalue weighted by Gasteiger charge is 2.23. The first kappa shape index (κ1) is 18.0. The lowest BCUT2D eigenvalue weighted by atomic mass is 10.1. The predicted molar refractivity (Wildman–Crippen MR) is 98.4 cm³/mol. The molecule has 0 bridgehead atoms. The molecule has 6 nitrogen and oxygen atoms in total. The van der Waals surface area contributed by atoms with Crippen molar-refractivity contribution in [1.82, 2.24) is 5.01 Å². The quantitative estimate of drug-likeness (QED) is 0.756. The van der Waals surface area contributed by atoms with Crippen LogP contribution < -0.4 is 0 Å². The molecule has 0 saturated carbocycles. The van der Waals surface area contributed by atoms with E-state index in [2.05, 4.69) is 5.10 Å². The van der Waals surface area contributed by atoms with Crippen LogP contribution in [0.4, 0.5) is 0 Å². The molecule has 1 aliphatic rings. The second-order valence-electron chi connectivity index (χ2n) is 5.71. The summed E-state index contributed by atoms with van der Waals surface area (Å²) in [6.45, 7) is 0.0469. The number of hydrogen-bond donors (Lipinski definition) is 0.